The summed E-state index contributed by atoms with van der Waals surface area (Å²) in [6.07, 6.45) is 2.17. The molecule has 3 atom stereocenters. The van der Waals surface area contributed by atoms with Crippen LogP contribution in [0, 0.1) is 5.92 Å². The van der Waals surface area contributed by atoms with Gasteiger partial charge in [-0.2, -0.15) is 4.31 Å². The number of fused-ring (bicyclic) bond motifs is 2. The summed E-state index contributed by atoms with van der Waals surface area (Å²) in [5, 5.41) is 15.3. The number of ether oxygens (including phenoxy) is 3. The number of aliphatic hydroxyl groups is 1. The van der Waals surface area contributed by atoms with Crippen LogP contribution in [-0.2, 0) is 17.1 Å². The van der Waals surface area contributed by atoms with Gasteiger partial charge in [-0.25, -0.2) is 18.2 Å². The van der Waals surface area contributed by atoms with Gasteiger partial charge in [0, 0.05) is 50.2 Å². The minimum atomic E-state index is -3.90. The quantitative estimate of drug-likeness (QED) is 0.345. The molecule has 3 amide bonds. The number of benzene rings is 2. The summed E-state index contributed by atoms with van der Waals surface area (Å²) in [4.78, 5) is 32.0. The summed E-state index contributed by atoms with van der Waals surface area (Å²) in [6.45, 7) is 3.59. The van der Waals surface area contributed by atoms with Crippen LogP contribution in [0.4, 0.5) is 16.2 Å². The Hall–Kier alpha value is -4.34. The van der Waals surface area contributed by atoms with Crippen molar-refractivity contribution in [2.75, 3.05) is 44.2 Å². The summed E-state index contributed by atoms with van der Waals surface area (Å²) in [5.74, 6) is 0.624. The lowest BCUT2D eigenvalue weighted by molar-refractivity contribution is 0.0387. The summed E-state index contributed by atoms with van der Waals surface area (Å²) in [7, 11) is -0.772. The third-order valence-corrected chi connectivity index (χ3v) is 9.06. The maximum atomic E-state index is 13.7. The van der Waals surface area contributed by atoms with Gasteiger partial charge in [-0.15, -0.1) is 0 Å². The van der Waals surface area contributed by atoms with E-state index in [2.05, 4.69) is 15.6 Å². The number of sulfonamides is 1. The second-order valence-electron chi connectivity index (χ2n) is 10.6. The van der Waals surface area contributed by atoms with Crippen molar-refractivity contribution in [3.8, 4) is 17.2 Å². The maximum Gasteiger partial charge on any atom is 0.323 e. The van der Waals surface area contributed by atoms with Gasteiger partial charge in [-0.05, 0) is 37.3 Å². The molecule has 14 nitrogen and oxygen atoms in total. The number of aliphatic hydroxyl groups excluding tert-OH is 1. The lowest BCUT2D eigenvalue weighted by atomic mass is 9.99. The number of nitrogens with one attached hydrogen (secondary N) is 2. The highest BCUT2D eigenvalue weighted by molar-refractivity contribution is 7.89. The van der Waals surface area contributed by atoms with E-state index >= 15 is 0 Å². The first kappa shape index (κ1) is 30.1. The molecule has 0 fully saturated rings. The standard InChI is InChI=1S/C28H34N6O8S/c1-17-11-34(18(2)14-35)27(36)21-9-19(30-28(37)31-20-6-8-23-24(10-20)41-16-40-23)5-7-22(21)42-25(17)12-33(4)43(38,39)26-13-32(3)15-29-26/h5-10,13,15,17-18,25,35H,11-12,14,16H2,1-4H3,(H2,30,31,37)/t17-,18+,25-/m0/s1. The molecule has 1 aromatic heterocycles. The molecule has 15 heteroatoms. The summed E-state index contributed by atoms with van der Waals surface area (Å²) in [6, 6.07) is 8.56. The van der Waals surface area contributed by atoms with Crippen LogP contribution in [0.3, 0.4) is 0 Å². The van der Waals surface area contributed by atoms with Crippen LogP contribution in [0.25, 0.3) is 0 Å². The number of carbonyl (C=O) groups excluding carboxylic acids is 2. The zero-order valence-corrected chi connectivity index (χ0v) is 25.0. The molecular weight excluding hydrogens is 580 g/mol. The van der Waals surface area contributed by atoms with Crippen LogP contribution in [-0.4, -0.2) is 89.9 Å². The van der Waals surface area contributed by atoms with Gasteiger partial charge in [0.25, 0.3) is 15.9 Å². The highest BCUT2D eigenvalue weighted by Gasteiger charge is 2.36. The number of hydrogen-bond donors (Lipinski definition) is 3. The Morgan fingerprint density at radius 3 is 2.49 bits per heavy atom. The highest BCUT2D eigenvalue weighted by Crippen LogP contribution is 2.35. The van der Waals surface area contributed by atoms with Gasteiger partial charge in [-0.1, -0.05) is 6.92 Å². The first-order valence-electron chi connectivity index (χ1n) is 13.6. The topological polar surface area (TPSA) is 165 Å². The summed E-state index contributed by atoms with van der Waals surface area (Å²) >= 11 is 0. The smallest absolute Gasteiger partial charge is 0.323 e. The summed E-state index contributed by atoms with van der Waals surface area (Å²) < 4.78 is 46.0. The van der Waals surface area contributed by atoms with Crippen molar-refractivity contribution >= 4 is 33.3 Å². The second-order valence-corrected chi connectivity index (χ2v) is 12.6. The van der Waals surface area contributed by atoms with E-state index in [0.29, 0.717) is 22.9 Å². The van der Waals surface area contributed by atoms with Crippen molar-refractivity contribution in [3.63, 3.8) is 0 Å². The Morgan fingerprint density at radius 2 is 1.81 bits per heavy atom. The number of aryl methyl sites for hydroxylation is 1. The minimum Gasteiger partial charge on any atom is -0.488 e. The number of carbonyl (C=O) groups is 2. The van der Waals surface area contributed by atoms with Crippen LogP contribution in [0.5, 0.6) is 17.2 Å². The molecule has 3 aromatic rings. The Labute approximate surface area is 249 Å². The summed E-state index contributed by atoms with van der Waals surface area (Å²) in [5.41, 5.74) is 0.968. The number of amides is 3. The van der Waals surface area contributed by atoms with E-state index < -0.39 is 34.1 Å². The largest absolute Gasteiger partial charge is 0.488 e. The fourth-order valence-electron chi connectivity index (χ4n) is 4.82. The monoisotopic (exact) mass is 614 g/mol. The third-order valence-electron chi connectivity index (χ3n) is 7.35. The Bertz CT molecular complexity index is 1630. The van der Waals surface area contributed by atoms with Crippen LogP contribution in [0.1, 0.15) is 24.2 Å². The van der Waals surface area contributed by atoms with Crippen LogP contribution in [0.2, 0.25) is 0 Å². The SMILES string of the molecule is C[C@H](CO)N1C[C@H](C)[C@H](CN(C)S(=O)(=O)c2cn(C)cn2)Oc2ccc(NC(=O)Nc3ccc4c(c3)OCO4)cc2C1=O. The molecule has 3 N–H and O–H groups in total. The van der Waals surface area contributed by atoms with Gasteiger partial charge in [0.2, 0.25) is 6.79 Å². The average molecular weight is 615 g/mol. The number of imidazole rings is 1. The predicted molar refractivity (Wildman–Crippen MR) is 156 cm³/mol. The number of anilines is 2. The number of aromatic nitrogens is 2. The molecule has 230 valence electrons. The molecule has 5 rings (SSSR count). The number of nitrogens with zero attached hydrogens (tertiary/aromatic N) is 4. The fourth-order valence-corrected chi connectivity index (χ4v) is 5.96. The van der Waals surface area contributed by atoms with Crippen molar-refractivity contribution in [1.82, 2.24) is 18.8 Å². The van der Waals surface area contributed by atoms with Gasteiger partial charge < -0.3 is 39.4 Å². The second kappa shape index (κ2) is 12.1. The third kappa shape index (κ3) is 6.38. The van der Waals surface area contributed by atoms with E-state index in [1.54, 1.807) is 48.9 Å². The van der Waals surface area contributed by atoms with Crippen molar-refractivity contribution in [2.45, 2.75) is 31.0 Å². The predicted octanol–water partition coefficient (Wildman–Crippen LogP) is 2.33. The van der Waals surface area contributed by atoms with Gasteiger partial charge in [0.1, 0.15) is 11.9 Å². The fraction of sp³-hybridized carbons (Fsp3) is 0.393. The van der Waals surface area contributed by atoms with Gasteiger partial charge in [0.05, 0.1) is 31.1 Å². The Balaban J connectivity index is 1.38. The number of hydrogen-bond acceptors (Lipinski definition) is 9. The molecule has 0 saturated heterocycles. The molecule has 0 aliphatic carbocycles. The molecule has 2 aliphatic rings. The minimum absolute atomic E-state index is 0.0208. The molecule has 0 bridgehead atoms. The van der Waals surface area contributed by atoms with Gasteiger partial charge in [0.15, 0.2) is 16.5 Å². The van der Waals surface area contributed by atoms with E-state index in [0.717, 1.165) is 0 Å². The molecule has 3 heterocycles. The molecule has 2 aromatic carbocycles. The van der Waals surface area contributed by atoms with E-state index in [-0.39, 0.29) is 48.7 Å². The molecule has 0 spiro atoms. The van der Waals surface area contributed by atoms with Crippen LogP contribution < -0.4 is 24.8 Å². The molecule has 0 saturated carbocycles. The lowest BCUT2D eigenvalue weighted by Crippen LogP contribution is -2.50. The van der Waals surface area contributed by atoms with Crippen LogP contribution in [0.15, 0.2) is 53.9 Å². The van der Waals surface area contributed by atoms with Gasteiger partial charge in [-0.3, -0.25) is 4.79 Å². The van der Waals surface area contributed by atoms with E-state index in [9.17, 15) is 23.1 Å². The Morgan fingerprint density at radius 1 is 1.14 bits per heavy atom. The van der Waals surface area contributed by atoms with E-state index in [4.69, 9.17) is 14.2 Å². The van der Waals surface area contributed by atoms with Crippen molar-refractivity contribution in [1.29, 1.82) is 0 Å². The molecule has 2 aliphatic heterocycles. The molecule has 0 unspecified atom stereocenters. The zero-order chi connectivity index (χ0) is 30.9. The first-order chi connectivity index (χ1) is 20.5. The molecule has 0 radical (unpaired) electrons. The molecule has 43 heavy (non-hydrogen) atoms. The van der Waals surface area contributed by atoms with E-state index in [1.165, 1.54) is 34.8 Å². The average Bonchev–Trinajstić information content (AvgIpc) is 3.63. The van der Waals surface area contributed by atoms with Crippen molar-refractivity contribution < 1.29 is 37.3 Å². The lowest BCUT2D eigenvalue weighted by Gasteiger charge is -2.38. The first-order valence-corrected chi connectivity index (χ1v) is 15.0. The number of urea groups is 1. The van der Waals surface area contributed by atoms with Crippen LogP contribution >= 0.6 is 0 Å². The normalized spacial score (nSPS) is 18.8. The molecular formula is C28H34N6O8S. The highest BCUT2D eigenvalue weighted by atomic mass is 32.2. The Kier molecular flexibility index (Phi) is 8.48. The van der Waals surface area contributed by atoms with E-state index in [1.807, 2.05) is 6.92 Å². The van der Waals surface area contributed by atoms with Crippen molar-refractivity contribution in [3.05, 3.63) is 54.5 Å². The number of likely N-dealkylation sites (N-methyl/N-ethyl adjacent to an activating group) is 1. The zero-order valence-electron chi connectivity index (χ0n) is 24.2. The number of rotatable bonds is 8. The van der Waals surface area contributed by atoms with Crippen molar-refractivity contribution in [2.24, 2.45) is 13.0 Å². The maximum absolute atomic E-state index is 13.7. The van der Waals surface area contributed by atoms with Gasteiger partial charge >= 0.3 is 6.03 Å².